The summed E-state index contributed by atoms with van der Waals surface area (Å²) in [5.74, 6) is -0.0612. The zero-order valence-corrected chi connectivity index (χ0v) is 16.9. The summed E-state index contributed by atoms with van der Waals surface area (Å²) in [7, 11) is 1.83. The van der Waals surface area contributed by atoms with Crippen molar-refractivity contribution in [3.63, 3.8) is 0 Å². The molecule has 3 aromatic rings. The van der Waals surface area contributed by atoms with Crippen molar-refractivity contribution >= 4 is 11.6 Å². The summed E-state index contributed by atoms with van der Waals surface area (Å²) in [5, 5.41) is 0. The van der Waals surface area contributed by atoms with Crippen molar-refractivity contribution in [1.29, 1.82) is 0 Å². The lowest BCUT2D eigenvalue weighted by Crippen LogP contribution is -2.30. The molecule has 0 spiro atoms. The molecular weight excluding hydrogens is 348 g/mol. The molecule has 146 valence electrons. The van der Waals surface area contributed by atoms with E-state index < -0.39 is 0 Å². The number of benzene rings is 1. The van der Waals surface area contributed by atoms with Gasteiger partial charge in [-0.2, -0.15) is 0 Å². The molecule has 1 aromatic carbocycles. The van der Waals surface area contributed by atoms with Gasteiger partial charge in [-0.25, -0.2) is 4.98 Å². The molecule has 28 heavy (non-hydrogen) atoms. The molecule has 0 fully saturated rings. The number of hydrogen-bond acceptors (Lipinski definition) is 3. The van der Waals surface area contributed by atoms with Gasteiger partial charge in [0.15, 0.2) is 5.69 Å². The number of imidazole rings is 1. The Kier molecular flexibility index (Phi) is 6.26. The quantitative estimate of drug-likeness (QED) is 0.558. The number of rotatable bonds is 8. The monoisotopic (exact) mass is 376 g/mol. The molecule has 0 saturated carbocycles. The molecular formula is C23H28N4O. The van der Waals surface area contributed by atoms with Crippen LogP contribution in [0, 0.1) is 0 Å². The molecule has 5 heteroatoms. The van der Waals surface area contributed by atoms with Crippen LogP contribution in [0.15, 0.2) is 66.9 Å². The van der Waals surface area contributed by atoms with Gasteiger partial charge in [-0.05, 0) is 31.2 Å². The predicted molar refractivity (Wildman–Crippen MR) is 113 cm³/mol. The maximum absolute atomic E-state index is 13.2. The third kappa shape index (κ3) is 4.49. The van der Waals surface area contributed by atoms with Crippen LogP contribution in [0.4, 0.5) is 0 Å². The second kappa shape index (κ2) is 8.85. The highest BCUT2D eigenvalue weighted by molar-refractivity contribution is 5.94. The van der Waals surface area contributed by atoms with Crippen molar-refractivity contribution < 1.29 is 4.79 Å². The molecule has 2 heterocycles. The fourth-order valence-corrected chi connectivity index (χ4v) is 3.35. The number of carbonyl (C=O) groups is 1. The van der Waals surface area contributed by atoms with Crippen LogP contribution >= 0.6 is 0 Å². The maximum atomic E-state index is 13.2. The molecule has 0 radical (unpaired) electrons. The van der Waals surface area contributed by atoms with E-state index in [1.807, 2.05) is 73.1 Å². The van der Waals surface area contributed by atoms with Crippen molar-refractivity contribution in [3.8, 4) is 0 Å². The standard InChI is InChI=1S/C23H28N4O/c1-5-26(15-18(2)3)17-20-22(24-21-13-9-10-14-27(20)21)23(28)25(4)16-19-11-7-6-8-12-19/h6-14H,2,5,15-17H2,1,3-4H3. The Bertz CT molecular complexity index is 961. The molecule has 0 saturated heterocycles. The second-order valence-corrected chi connectivity index (χ2v) is 7.24. The van der Waals surface area contributed by atoms with Crippen LogP contribution in [-0.4, -0.2) is 45.2 Å². The minimum absolute atomic E-state index is 0.0612. The van der Waals surface area contributed by atoms with Gasteiger partial charge in [0.2, 0.25) is 0 Å². The van der Waals surface area contributed by atoms with Crippen LogP contribution in [-0.2, 0) is 13.1 Å². The molecule has 5 nitrogen and oxygen atoms in total. The van der Waals surface area contributed by atoms with E-state index in [1.165, 1.54) is 0 Å². The molecule has 0 N–H and O–H groups in total. The minimum atomic E-state index is -0.0612. The van der Waals surface area contributed by atoms with Gasteiger partial charge in [0.05, 0.1) is 5.69 Å². The van der Waals surface area contributed by atoms with E-state index in [-0.39, 0.29) is 5.91 Å². The van der Waals surface area contributed by atoms with E-state index in [9.17, 15) is 4.79 Å². The van der Waals surface area contributed by atoms with Gasteiger partial charge in [0, 0.05) is 32.9 Å². The van der Waals surface area contributed by atoms with E-state index in [2.05, 4.69) is 23.4 Å². The fourth-order valence-electron chi connectivity index (χ4n) is 3.35. The van der Waals surface area contributed by atoms with Crippen LogP contribution in [0.25, 0.3) is 5.65 Å². The summed E-state index contributed by atoms with van der Waals surface area (Å²) in [4.78, 5) is 21.9. The first kappa shape index (κ1) is 19.8. The van der Waals surface area contributed by atoms with Gasteiger partial charge in [-0.15, -0.1) is 0 Å². The highest BCUT2D eigenvalue weighted by atomic mass is 16.2. The fraction of sp³-hybridized carbons (Fsp3) is 0.304. The summed E-state index contributed by atoms with van der Waals surface area (Å²) in [6.07, 6.45) is 1.97. The van der Waals surface area contributed by atoms with Crippen molar-refractivity contribution in [2.24, 2.45) is 0 Å². The van der Waals surface area contributed by atoms with Crippen LogP contribution in [0.1, 0.15) is 35.6 Å². The molecule has 0 atom stereocenters. The van der Waals surface area contributed by atoms with Crippen molar-refractivity contribution in [1.82, 2.24) is 19.2 Å². The molecule has 2 aromatic heterocycles. The van der Waals surface area contributed by atoms with E-state index in [1.54, 1.807) is 4.90 Å². The van der Waals surface area contributed by atoms with Crippen LogP contribution in [0.5, 0.6) is 0 Å². The van der Waals surface area contributed by atoms with Crippen LogP contribution in [0.2, 0.25) is 0 Å². The van der Waals surface area contributed by atoms with Gasteiger partial charge in [-0.1, -0.05) is 55.5 Å². The number of fused-ring (bicyclic) bond motifs is 1. The van der Waals surface area contributed by atoms with Gasteiger partial charge in [-0.3, -0.25) is 9.69 Å². The molecule has 0 aliphatic rings. The summed E-state index contributed by atoms with van der Waals surface area (Å²) in [6.45, 7) is 11.0. The summed E-state index contributed by atoms with van der Waals surface area (Å²) in [5.41, 5.74) is 4.43. The molecule has 0 bridgehead atoms. The van der Waals surface area contributed by atoms with E-state index in [4.69, 9.17) is 0 Å². The number of nitrogens with zero attached hydrogens (tertiary/aromatic N) is 4. The summed E-state index contributed by atoms with van der Waals surface area (Å²) < 4.78 is 2.02. The third-order valence-corrected chi connectivity index (χ3v) is 4.75. The Labute approximate surface area is 166 Å². The second-order valence-electron chi connectivity index (χ2n) is 7.24. The maximum Gasteiger partial charge on any atom is 0.274 e. The van der Waals surface area contributed by atoms with Gasteiger partial charge in [0.25, 0.3) is 5.91 Å². The predicted octanol–water partition coefficient (Wildman–Crippen LogP) is 4.00. The molecule has 3 rings (SSSR count). The van der Waals surface area contributed by atoms with Crippen molar-refractivity contribution in [2.45, 2.75) is 26.9 Å². The Hall–Kier alpha value is -2.92. The Balaban J connectivity index is 1.93. The van der Waals surface area contributed by atoms with E-state index in [0.29, 0.717) is 18.8 Å². The van der Waals surface area contributed by atoms with Crippen LogP contribution in [0.3, 0.4) is 0 Å². The molecule has 0 aliphatic carbocycles. The SMILES string of the molecule is C=C(C)CN(CC)Cc1c(C(=O)N(C)Cc2ccccc2)nc2ccccn12. The first-order valence-electron chi connectivity index (χ1n) is 9.61. The topological polar surface area (TPSA) is 40.9 Å². The average Bonchev–Trinajstić information content (AvgIpc) is 3.05. The first-order valence-corrected chi connectivity index (χ1v) is 9.61. The van der Waals surface area contributed by atoms with Gasteiger partial charge >= 0.3 is 0 Å². The lowest BCUT2D eigenvalue weighted by atomic mass is 10.2. The summed E-state index contributed by atoms with van der Waals surface area (Å²) >= 11 is 0. The zero-order chi connectivity index (χ0) is 20.1. The number of likely N-dealkylation sites (N-methyl/N-ethyl adjacent to an activating group) is 1. The third-order valence-electron chi connectivity index (χ3n) is 4.75. The Morgan fingerprint density at radius 2 is 1.82 bits per heavy atom. The largest absolute Gasteiger partial charge is 0.336 e. The molecule has 1 amide bonds. The first-order chi connectivity index (χ1) is 13.5. The van der Waals surface area contributed by atoms with E-state index in [0.717, 1.165) is 35.6 Å². The number of pyridine rings is 1. The molecule has 0 unspecified atom stereocenters. The Morgan fingerprint density at radius 3 is 2.50 bits per heavy atom. The van der Waals surface area contributed by atoms with Gasteiger partial charge < -0.3 is 9.30 Å². The highest BCUT2D eigenvalue weighted by Gasteiger charge is 2.23. The van der Waals surface area contributed by atoms with Gasteiger partial charge in [0.1, 0.15) is 5.65 Å². The number of hydrogen-bond donors (Lipinski definition) is 0. The lowest BCUT2D eigenvalue weighted by Gasteiger charge is -2.22. The number of aromatic nitrogens is 2. The smallest absolute Gasteiger partial charge is 0.274 e. The van der Waals surface area contributed by atoms with Crippen molar-refractivity contribution in [2.75, 3.05) is 20.1 Å². The average molecular weight is 377 g/mol. The number of carbonyl (C=O) groups excluding carboxylic acids is 1. The highest BCUT2D eigenvalue weighted by Crippen LogP contribution is 2.18. The van der Waals surface area contributed by atoms with Crippen LogP contribution < -0.4 is 0 Å². The minimum Gasteiger partial charge on any atom is -0.336 e. The normalized spacial score (nSPS) is 11.1. The lowest BCUT2D eigenvalue weighted by molar-refractivity contribution is 0.0777. The van der Waals surface area contributed by atoms with E-state index >= 15 is 0 Å². The van der Waals surface area contributed by atoms with Crippen molar-refractivity contribution in [3.05, 3.63) is 83.8 Å². The zero-order valence-electron chi connectivity index (χ0n) is 16.9. The molecule has 0 aliphatic heterocycles. The summed E-state index contributed by atoms with van der Waals surface area (Å²) in [6, 6.07) is 15.9. The number of amides is 1. The Morgan fingerprint density at radius 1 is 1.11 bits per heavy atom.